The number of hydrogen-bond donors (Lipinski definition) is 0. The number of allylic oxidation sites excluding steroid dienone is 1. The third kappa shape index (κ3) is 3.68. The molecule has 0 aliphatic rings. The quantitative estimate of drug-likeness (QED) is 0.491. The SMILES string of the molecule is C=CCn1c(SCc2ccc(F)cc2)nnc1-c1ccccc1. The standard InChI is InChI=1S/C18H16FN3S/c1-2-12-22-17(15-6-4-3-5-7-15)20-21-18(22)23-13-14-8-10-16(19)11-9-14/h2-11H,1,12-13H2. The Balaban J connectivity index is 1.83. The van der Waals surface area contributed by atoms with Gasteiger partial charge < -0.3 is 0 Å². The van der Waals surface area contributed by atoms with Crippen molar-refractivity contribution in [2.75, 3.05) is 0 Å². The van der Waals surface area contributed by atoms with Crippen molar-refractivity contribution in [3.63, 3.8) is 0 Å². The molecule has 3 nitrogen and oxygen atoms in total. The summed E-state index contributed by atoms with van der Waals surface area (Å²) in [5.74, 6) is 1.32. The molecule has 0 atom stereocenters. The molecule has 0 amide bonds. The van der Waals surface area contributed by atoms with Crippen LogP contribution in [0.25, 0.3) is 11.4 Å². The van der Waals surface area contributed by atoms with Crippen molar-refractivity contribution in [3.8, 4) is 11.4 Å². The first-order chi connectivity index (χ1) is 11.3. The van der Waals surface area contributed by atoms with Gasteiger partial charge in [-0.1, -0.05) is 60.3 Å². The molecule has 0 N–H and O–H groups in total. The minimum atomic E-state index is -0.222. The highest BCUT2D eigenvalue weighted by molar-refractivity contribution is 7.98. The number of aromatic nitrogens is 3. The molecule has 0 aliphatic heterocycles. The lowest BCUT2D eigenvalue weighted by Gasteiger charge is -2.07. The van der Waals surface area contributed by atoms with E-state index in [-0.39, 0.29) is 5.82 Å². The minimum absolute atomic E-state index is 0.222. The van der Waals surface area contributed by atoms with Gasteiger partial charge in [-0.2, -0.15) is 0 Å². The second kappa shape index (κ2) is 7.24. The highest BCUT2D eigenvalue weighted by atomic mass is 32.2. The van der Waals surface area contributed by atoms with Crippen molar-refractivity contribution >= 4 is 11.8 Å². The van der Waals surface area contributed by atoms with E-state index in [1.54, 1.807) is 23.9 Å². The molecule has 0 bridgehead atoms. The zero-order valence-corrected chi connectivity index (χ0v) is 13.3. The van der Waals surface area contributed by atoms with E-state index in [9.17, 15) is 4.39 Å². The Kier molecular flexibility index (Phi) is 4.88. The van der Waals surface area contributed by atoms with Crippen LogP contribution >= 0.6 is 11.8 Å². The molecule has 0 fully saturated rings. The van der Waals surface area contributed by atoms with E-state index in [0.717, 1.165) is 22.1 Å². The number of rotatable bonds is 6. The lowest BCUT2D eigenvalue weighted by Crippen LogP contribution is -2.00. The van der Waals surface area contributed by atoms with E-state index in [4.69, 9.17) is 0 Å². The fourth-order valence-corrected chi connectivity index (χ4v) is 3.12. The van der Waals surface area contributed by atoms with Crippen LogP contribution in [0.15, 0.2) is 72.4 Å². The van der Waals surface area contributed by atoms with E-state index in [1.807, 2.05) is 41.0 Å². The van der Waals surface area contributed by atoms with Gasteiger partial charge in [0, 0.05) is 17.9 Å². The van der Waals surface area contributed by atoms with Gasteiger partial charge >= 0.3 is 0 Å². The smallest absolute Gasteiger partial charge is 0.192 e. The predicted octanol–water partition coefficient (Wildman–Crippen LogP) is 4.56. The maximum Gasteiger partial charge on any atom is 0.192 e. The zero-order chi connectivity index (χ0) is 16.1. The molecule has 0 spiro atoms. The summed E-state index contributed by atoms with van der Waals surface area (Å²) in [5.41, 5.74) is 2.07. The molecule has 0 unspecified atom stereocenters. The largest absolute Gasteiger partial charge is 0.298 e. The van der Waals surface area contributed by atoms with Crippen LogP contribution in [0.1, 0.15) is 5.56 Å². The summed E-state index contributed by atoms with van der Waals surface area (Å²) in [7, 11) is 0. The monoisotopic (exact) mass is 325 g/mol. The van der Waals surface area contributed by atoms with Crippen molar-refractivity contribution < 1.29 is 4.39 Å². The number of benzene rings is 2. The fraction of sp³-hybridized carbons (Fsp3) is 0.111. The number of hydrogen-bond acceptors (Lipinski definition) is 3. The van der Waals surface area contributed by atoms with E-state index >= 15 is 0 Å². The van der Waals surface area contributed by atoms with Crippen LogP contribution in [0, 0.1) is 5.82 Å². The summed E-state index contributed by atoms with van der Waals surface area (Å²) in [5, 5.41) is 9.44. The molecular formula is C18H16FN3S. The van der Waals surface area contributed by atoms with Gasteiger partial charge in [0.15, 0.2) is 11.0 Å². The average Bonchev–Trinajstić information content (AvgIpc) is 2.98. The maximum atomic E-state index is 13.0. The fourth-order valence-electron chi connectivity index (χ4n) is 2.22. The van der Waals surface area contributed by atoms with Crippen LogP contribution in [0.5, 0.6) is 0 Å². The molecule has 0 saturated heterocycles. The molecule has 0 aliphatic carbocycles. The highest BCUT2D eigenvalue weighted by Crippen LogP contribution is 2.26. The maximum absolute atomic E-state index is 13.0. The Bertz CT molecular complexity index is 782. The lowest BCUT2D eigenvalue weighted by molar-refractivity contribution is 0.627. The van der Waals surface area contributed by atoms with Gasteiger partial charge in [-0.3, -0.25) is 4.57 Å². The average molecular weight is 325 g/mol. The van der Waals surface area contributed by atoms with Gasteiger partial charge in [0.05, 0.1) is 0 Å². The Morgan fingerprint density at radius 1 is 1.04 bits per heavy atom. The van der Waals surface area contributed by atoms with Gasteiger partial charge in [0.1, 0.15) is 5.82 Å². The van der Waals surface area contributed by atoms with E-state index in [0.29, 0.717) is 12.3 Å². The molecule has 0 saturated carbocycles. The Morgan fingerprint density at radius 3 is 2.48 bits per heavy atom. The van der Waals surface area contributed by atoms with Gasteiger partial charge in [-0.15, -0.1) is 16.8 Å². The van der Waals surface area contributed by atoms with Crippen LogP contribution in [0.2, 0.25) is 0 Å². The molecule has 3 aromatic rings. The first kappa shape index (κ1) is 15.5. The van der Waals surface area contributed by atoms with Crippen molar-refractivity contribution in [1.82, 2.24) is 14.8 Å². The van der Waals surface area contributed by atoms with Crippen LogP contribution in [0.4, 0.5) is 4.39 Å². The van der Waals surface area contributed by atoms with Crippen LogP contribution in [-0.2, 0) is 12.3 Å². The summed E-state index contributed by atoms with van der Waals surface area (Å²) < 4.78 is 15.0. The van der Waals surface area contributed by atoms with E-state index in [1.165, 1.54) is 12.1 Å². The second-order valence-corrected chi connectivity index (χ2v) is 5.93. The third-order valence-electron chi connectivity index (χ3n) is 3.34. The Morgan fingerprint density at radius 2 is 1.78 bits per heavy atom. The molecule has 23 heavy (non-hydrogen) atoms. The number of halogens is 1. The predicted molar refractivity (Wildman–Crippen MR) is 91.6 cm³/mol. The minimum Gasteiger partial charge on any atom is -0.298 e. The van der Waals surface area contributed by atoms with Crippen LogP contribution in [0.3, 0.4) is 0 Å². The molecule has 5 heteroatoms. The molecule has 116 valence electrons. The first-order valence-corrected chi connectivity index (χ1v) is 8.23. The lowest BCUT2D eigenvalue weighted by atomic mass is 10.2. The van der Waals surface area contributed by atoms with Gasteiger partial charge in [0.2, 0.25) is 0 Å². The molecular weight excluding hydrogens is 309 g/mol. The molecule has 3 rings (SSSR count). The van der Waals surface area contributed by atoms with Crippen molar-refractivity contribution in [3.05, 3.63) is 78.6 Å². The second-order valence-electron chi connectivity index (χ2n) is 4.99. The topological polar surface area (TPSA) is 30.7 Å². The van der Waals surface area contributed by atoms with Crippen molar-refractivity contribution in [2.45, 2.75) is 17.5 Å². The number of thioether (sulfide) groups is 1. The van der Waals surface area contributed by atoms with Crippen molar-refractivity contribution in [2.24, 2.45) is 0 Å². The van der Waals surface area contributed by atoms with Crippen LogP contribution < -0.4 is 0 Å². The Labute approximate surface area is 138 Å². The molecule has 1 aromatic heterocycles. The normalized spacial score (nSPS) is 10.7. The highest BCUT2D eigenvalue weighted by Gasteiger charge is 2.13. The summed E-state index contributed by atoms with van der Waals surface area (Å²) in [6.07, 6.45) is 1.83. The summed E-state index contributed by atoms with van der Waals surface area (Å²) in [6.45, 7) is 4.45. The zero-order valence-electron chi connectivity index (χ0n) is 12.5. The van der Waals surface area contributed by atoms with E-state index < -0.39 is 0 Å². The molecule has 2 aromatic carbocycles. The van der Waals surface area contributed by atoms with Crippen molar-refractivity contribution in [1.29, 1.82) is 0 Å². The van der Waals surface area contributed by atoms with Gasteiger partial charge in [-0.05, 0) is 17.7 Å². The summed E-state index contributed by atoms with van der Waals surface area (Å²) in [4.78, 5) is 0. The van der Waals surface area contributed by atoms with E-state index in [2.05, 4.69) is 16.8 Å². The summed E-state index contributed by atoms with van der Waals surface area (Å²) >= 11 is 1.58. The molecule has 1 heterocycles. The van der Waals surface area contributed by atoms with Crippen LogP contribution in [-0.4, -0.2) is 14.8 Å². The van der Waals surface area contributed by atoms with Gasteiger partial charge in [0.25, 0.3) is 0 Å². The third-order valence-corrected chi connectivity index (χ3v) is 4.38. The molecule has 0 radical (unpaired) electrons. The number of nitrogens with zero attached hydrogens (tertiary/aromatic N) is 3. The Hall–Kier alpha value is -2.40. The first-order valence-electron chi connectivity index (χ1n) is 7.24. The summed E-state index contributed by atoms with van der Waals surface area (Å²) in [6, 6.07) is 16.5. The van der Waals surface area contributed by atoms with Gasteiger partial charge in [-0.25, -0.2) is 4.39 Å².